The van der Waals surface area contributed by atoms with E-state index in [1.807, 2.05) is 13.8 Å². The van der Waals surface area contributed by atoms with Crippen molar-refractivity contribution in [3.05, 3.63) is 64.2 Å². The molecule has 0 bridgehead atoms. The molecule has 0 unspecified atom stereocenters. The molecule has 0 saturated carbocycles. The zero-order chi connectivity index (χ0) is 23.2. The summed E-state index contributed by atoms with van der Waals surface area (Å²) in [5.41, 5.74) is 13.3. The van der Waals surface area contributed by atoms with Crippen molar-refractivity contribution in [2.24, 2.45) is 11.7 Å². The van der Waals surface area contributed by atoms with Gasteiger partial charge in [-0.2, -0.15) is 0 Å². The van der Waals surface area contributed by atoms with E-state index < -0.39 is 0 Å². The van der Waals surface area contributed by atoms with Crippen LogP contribution in [0.25, 0.3) is 0 Å². The zero-order valence-electron chi connectivity index (χ0n) is 20.7. The van der Waals surface area contributed by atoms with Crippen LogP contribution in [0.1, 0.15) is 80.2 Å². The van der Waals surface area contributed by atoms with Gasteiger partial charge in [0.1, 0.15) is 5.75 Å². The summed E-state index contributed by atoms with van der Waals surface area (Å²) >= 11 is 0. The molecule has 0 heterocycles. The molecule has 3 nitrogen and oxygen atoms in total. The first-order valence-electron chi connectivity index (χ1n) is 12.0. The maximum Gasteiger partial charge on any atom is 0.122 e. The molecule has 2 aromatic rings. The van der Waals surface area contributed by atoms with Gasteiger partial charge in [0.25, 0.3) is 0 Å². The van der Waals surface area contributed by atoms with Gasteiger partial charge in [-0.1, -0.05) is 57.5 Å². The van der Waals surface area contributed by atoms with E-state index in [9.17, 15) is 0 Å². The van der Waals surface area contributed by atoms with Gasteiger partial charge in [0.05, 0.1) is 7.11 Å². The van der Waals surface area contributed by atoms with Crippen LogP contribution in [0.3, 0.4) is 0 Å². The molecular weight excluding hydrogens is 382 g/mol. The van der Waals surface area contributed by atoms with Crippen LogP contribution in [-0.4, -0.2) is 25.9 Å². The van der Waals surface area contributed by atoms with Crippen molar-refractivity contribution in [2.75, 3.05) is 20.8 Å². The number of methoxy groups -OCH3 is 1. The molecule has 2 aromatic carbocycles. The first-order valence-corrected chi connectivity index (χ1v) is 12.0. The van der Waals surface area contributed by atoms with Crippen molar-refractivity contribution in [1.29, 1.82) is 0 Å². The van der Waals surface area contributed by atoms with Crippen LogP contribution in [0.15, 0.2) is 36.4 Å². The normalized spacial score (nSPS) is 15.5. The monoisotopic (exact) mass is 427 g/mol. The fourth-order valence-electron chi connectivity index (χ4n) is 4.66. The summed E-state index contributed by atoms with van der Waals surface area (Å²) in [5.74, 6) is 2.33. The first kappa shape index (κ1) is 27.2. The number of ether oxygens (including phenoxy) is 1. The predicted octanol–water partition coefficient (Wildman–Crippen LogP) is 6.22. The van der Waals surface area contributed by atoms with E-state index >= 15 is 0 Å². The van der Waals surface area contributed by atoms with Crippen LogP contribution in [0.5, 0.6) is 5.75 Å². The fourth-order valence-corrected chi connectivity index (χ4v) is 4.66. The quantitative estimate of drug-likeness (QED) is 0.526. The second-order valence-corrected chi connectivity index (χ2v) is 8.15. The molecule has 0 fully saturated rings. The van der Waals surface area contributed by atoms with E-state index in [-0.39, 0.29) is 0 Å². The summed E-state index contributed by atoms with van der Waals surface area (Å²) in [5, 5.41) is 7.00. The van der Waals surface area contributed by atoms with Crippen LogP contribution in [0, 0.1) is 12.8 Å². The molecule has 0 aliphatic heterocycles. The molecule has 0 aromatic heterocycles. The highest BCUT2D eigenvalue weighted by Gasteiger charge is 2.21. The van der Waals surface area contributed by atoms with Crippen LogP contribution >= 0.6 is 0 Å². The fraction of sp³-hybridized carbons (Fsp3) is 0.571. The largest absolute Gasteiger partial charge is 0.496 e. The highest BCUT2D eigenvalue weighted by molar-refractivity contribution is 5.40. The van der Waals surface area contributed by atoms with Crippen LogP contribution in [0.4, 0.5) is 0 Å². The van der Waals surface area contributed by atoms with Crippen molar-refractivity contribution < 1.29 is 9.84 Å². The van der Waals surface area contributed by atoms with E-state index in [2.05, 4.69) is 50.2 Å². The zero-order valence-corrected chi connectivity index (χ0v) is 20.7. The molecule has 2 atom stereocenters. The second kappa shape index (κ2) is 15.0. The third-order valence-corrected chi connectivity index (χ3v) is 6.34. The number of hydrogen-bond donors (Lipinski definition) is 2. The summed E-state index contributed by atoms with van der Waals surface area (Å²) in [6.07, 6.45) is 8.46. The summed E-state index contributed by atoms with van der Waals surface area (Å²) in [6.45, 7) is 9.20. The maximum atomic E-state index is 7.00. The number of nitrogens with two attached hydrogens (primary N) is 1. The van der Waals surface area contributed by atoms with Gasteiger partial charge >= 0.3 is 0 Å². The van der Waals surface area contributed by atoms with Crippen molar-refractivity contribution in [2.45, 2.75) is 78.6 Å². The molecule has 1 aliphatic carbocycles. The van der Waals surface area contributed by atoms with Crippen molar-refractivity contribution in [1.82, 2.24) is 0 Å². The van der Waals surface area contributed by atoms with Crippen molar-refractivity contribution >= 4 is 0 Å². The van der Waals surface area contributed by atoms with E-state index in [1.54, 1.807) is 18.2 Å². The number of aliphatic hydroxyl groups is 1. The third-order valence-electron chi connectivity index (χ3n) is 6.34. The number of hydrogen-bond acceptors (Lipinski definition) is 3. The second-order valence-electron chi connectivity index (χ2n) is 8.15. The number of benzene rings is 2. The number of aliphatic hydroxyl groups excluding tert-OH is 1. The minimum absolute atomic E-state index is 0.520. The van der Waals surface area contributed by atoms with Gasteiger partial charge in [-0.05, 0) is 97.7 Å². The molecule has 3 heteroatoms. The Balaban J connectivity index is 0.00000113. The molecule has 174 valence electrons. The van der Waals surface area contributed by atoms with E-state index in [4.69, 9.17) is 15.6 Å². The Morgan fingerprint density at radius 3 is 2.52 bits per heavy atom. The number of aryl methyl sites for hydroxylation is 2. The van der Waals surface area contributed by atoms with Crippen molar-refractivity contribution in [3.8, 4) is 5.75 Å². The molecule has 3 rings (SSSR count). The topological polar surface area (TPSA) is 55.5 Å². The van der Waals surface area contributed by atoms with E-state index in [0.29, 0.717) is 5.92 Å². The van der Waals surface area contributed by atoms with Crippen molar-refractivity contribution in [3.63, 3.8) is 0 Å². The highest BCUT2D eigenvalue weighted by Crippen LogP contribution is 2.33. The molecule has 0 radical (unpaired) electrons. The molecule has 0 saturated heterocycles. The molecular formula is C28H45NO2. The van der Waals surface area contributed by atoms with Crippen LogP contribution < -0.4 is 10.5 Å². The first-order chi connectivity index (χ1) is 15.2. The Labute approximate surface area is 191 Å². The summed E-state index contributed by atoms with van der Waals surface area (Å²) in [7, 11) is 2.78. The number of rotatable bonds is 8. The summed E-state index contributed by atoms with van der Waals surface area (Å²) in [4.78, 5) is 0. The van der Waals surface area contributed by atoms with Gasteiger partial charge in [-0.25, -0.2) is 0 Å². The average molecular weight is 428 g/mol. The smallest absolute Gasteiger partial charge is 0.122 e. The van der Waals surface area contributed by atoms with Gasteiger partial charge in [0, 0.05) is 7.11 Å². The van der Waals surface area contributed by atoms with E-state index in [1.165, 1.54) is 55.2 Å². The lowest BCUT2D eigenvalue weighted by molar-refractivity contribution is 0.397. The highest BCUT2D eigenvalue weighted by atomic mass is 16.5. The average Bonchev–Trinajstić information content (AvgIpc) is 2.83. The Hall–Kier alpha value is -1.84. The SMILES string of the molecule is CC.CCC[C@H](CN)c1ccc2c(c1)CC[C@@H](CCc1c(C)cccc1OC)C2.CO. The Kier molecular flexibility index (Phi) is 13.2. The standard InChI is InChI=1S/C25H35NO.C2H6.CH4O/c1-4-6-23(17-26)22-13-12-20-15-19(9-11-21(20)16-22)10-14-24-18(2)7-5-8-25(24)27-3;2*1-2/h5,7-8,12-13,16,19,23H,4,6,9-11,14-15,17,26H2,1-3H3;1-2H3;2H,1H3/t19-,23+;;/m0../s1. The van der Waals surface area contributed by atoms with Crippen LogP contribution in [0.2, 0.25) is 0 Å². The molecule has 0 spiro atoms. The number of fused-ring (bicyclic) bond motifs is 1. The minimum Gasteiger partial charge on any atom is -0.496 e. The molecule has 31 heavy (non-hydrogen) atoms. The lowest BCUT2D eigenvalue weighted by atomic mass is 9.79. The van der Waals surface area contributed by atoms with Gasteiger partial charge in [-0.3, -0.25) is 0 Å². The Morgan fingerprint density at radius 1 is 1.13 bits per heavy atom. The summed E-state index contributed by atoms with van der Waals surface area (Å²) in [6, 6.07) is 13.5. The van der Waals surface area contributed by atoms with Gasteiger partial charge in [-0.15, -0.1) is 0 Å². The lowest BCUT2D eigenvalue weighted by Gasteiger charge is -2.26. The van der Waals surface area contributed by atoms with Gasteiger partial charge < -0.3 is 15.6 Å². The van der Waals surface area contributed by atoms with Crippen LogP contribution in [-0.2, 0) is 19.3 Å². The minimum atomic E-state index is 0.520. The van der Waals surface area contributed by atoms with E-state index in [0.717, 1.165) is 31.7 Å². The Morgan fingerprint density at radius 2 is 1.87 bits per heavy atom. The molecule has 0 amide bonds. The lowest BCUT2D eigenvalue weighted by Crippen LogP contribution is -2.17. The molecule has 3 N–H and O–H groups in total. The third kappa shape index (κ3) is 7.66. The predicted molar refractivity (Wildman–Crippen MR) is 134 cm³/mol. The van der Waals surface area contributed by atoms with Gasteiger partial charge in [0.15, 0.2) is 0 Å². The Bertz CT molecular complexity index is 757. The summed E-state index contributed by atoms with van der Waals surface area (Å²) < 4.78 is 5.58. The maximum absolute atomic E-state index is 7.00. The van der Waals surface area contributed by atoms with Gasteiger partial charge in [0.2, 0.25) is 0 Å². The molecule has 1 aliphatic rings.